The Morgan fingerprint density at radius 2 is 2.28 bits per heavy atom. The Hall–Kier alpha value is -2.71. The summed E-state index contributed by atoms with van der Waals surface area (Å²) in [6.07, 6.45) is 4.29. The zero-order chi connectivity index (χ0) is 18.0. The minimum Gasteiger partial charge on any atom is -0.352 e. The lowest BCUT2D eigenvalue weighted by atomic mass is 10.2. The molecule has 1 atom stereocenters. The lowest BCUT2D eigenvalue weighted by Crippen LogP contribution is -2.40. The van der Waals surface area contributed by atoms with Crippen molar-refractivity contribution in [2.24, 2.45) is 7.05 Å². The lowest BCUT2D eigenvalue weighted by molar-refractivity contribution is -0.384. The van der Waals surface area contributed by atoms with Crippen LogP contribution in [0.2, 0.25) is 0 Å². The number of aryl methyl sites for hydroxylation is 2. The second-order valence-corrected chi connectivity index (χ2v) is 6.31. The van der Waals surface area contributed by atoms with Gasteiger partial charge in [-0.15, -0.1) is 5.10 Å². The minimum absolute atomic E-state index is 0.108. The van der Waals surface area contributed by atoms with E-state index in [-0.39, 0.29) is 16.7 Å². The van der Waals surface area contributed by atoms with Crippen LogP contribution in [-0.2, 0) is 13.5 Å². The summed E-state index contributed by atoms with van der Waals surface area (Å²) >= 11 is 0. The predicted molar refractivity (Wildman–Crippen MR) is 94.9 cm³/mol. The molecule has 0 N–H and O–H groups in total. The SMILES string of the molecule is CCc1nn(C)c(N(C)CC2CCCN2c2cccnn2)c1[N+](=O)[O-]. The van der Waals surface area contributed by atoms with Gasteiger partial charge >= 0.3 is 5.69 Å². The van der Waals surface area contributed by atoms with E-state index in [1.165, 1.54) is 0 Å². The fraction of sp³-hybridized carbons (Fsp3) is 0.562. The third-order valence-corrected chi connectivity index (χ3v) is 4.66. The Balaban J connectivity index is 1.84. The number of nitrogens with zero attached hydrogens (tertiary/aromatic N) is 7. The second kappa shape index (κ2) is 7.04. The molecular formula is C16H23N7O2. The molecule has 0 aliphatic carbocycles. The van der Waals surface area contributed by atoms with Crippen molar-refractivity contribution >= 4 is 17.3 Å². The molecule has 1 aliphatic heterocycles. The molecular weight excluding hydrogens is 322 g/mol. The molecule has 2 aromatic heterocycles. The van der Waals surface area contributed by atoms with Crippen molar-refractivity contribution in [1.29, 1.82) is 0 Å². The number of aromatic nitrogens is 4. The van der Waals surface area contributed by atoms with Crippen LogP contribution in [0.5, 0.6) is 0 Å². The van der Waals surface area contributed by atoms with Crippen molar-refractivity contribution in [1.82, 2.24) is 20.0 Å². The average Bonchev–Trinajstić information content (AvgIpc) is 3.19. The first kappa shape index (κ1) is 17.1. The van der Waals surface area contributed by atoms with Crippen LogP contribution in [-0.4, -0.2) is 51.1 Å². The number of hydrogen-bond donors (Lipinski definition) is 0. The van der Waals surface area contributed by atoms with Crippen LogP contribution in [0.1, 0.15) is 25.5 Å². The number of rotatable bonds is 6. The van der Waals surface area contributed by atoms with Crippen molar-refractivity contribution in [2.45, 2.75) is 32.2 Å². The Labute approximate surface area is 146 Å². The molecule has 134 valence electrons. The summed E-state index contributed by atoms with van der Waals surface area (Å²) in [5, 5.41) is 24.0. The highest BCUT2D eigenvalue weighted by molar-refractivity contribution is 5.61. The molecule has 3 heterocycles. The molecule has 0 spiro atoms. The molecule has 0 radical (unpaired) electrons. The normalized spacial score (nSPS) is 17.1. The largest absolute Gasteiger partial charge is 0.352 e. The van der Waals surface area contributed by atoms with Gasteiger partial charge in [0.05, 0.1) is 4.92 Å². The van der Waals surface area contributed by atoms with E-state index in [1.807, 2.05) is 31.0 Å². The van der Waals surface area contributed by atoms with Gasteiger partial charge < -0.3 is 9.80 Å². The van der Waals surface area contributed by atoms with E-state index in [0.717, 1.165) is 25.2 Å². The number of nitro groups is 1. The Bertz CT molecular complexity index is 746. The van der Waals surface area contributed by atoms with Gasteiger partial charge in [-0.2, -0.15) is 10.2 Å². The summed E-state index contributed by atoms with van der Waals surface area (Å²) in [4.78, 5) is 15.4. The van der Waals surface area contributed by atoms with Gasteiger partial charge in [0.2, 0.25) is 5.82 Å². The van der Waals surface area contributed by atoms with E-state index < -0.39 is 0 Å². The highest BCUT2D eigenvalue weighted by Gasteiger charge is 2.32. The molecule has 0 aromatic carbocycles. The van der Waals surface area contributed by atoms with Crippen LogP contribution < -0.4 is 9.80 Å². The summed E-state index contributed by atoms with van der Waals surface area (Å²) in [7, 11) is 3.64. The van der Waals surface area contributed by atoms with Crippen LogP contribution in [0.4, 0.5) is 17.3 Å². The molecule has 1 aliphatic rings. The smallest absolute Gasteiger partial charge is 0.334 e. The van der Waals surface area contributed by atoms with Crippen molar-refractivity contribution in [3.8, 4) is 0 Å². The number of anilines is 2. The van der Waals surface area contributed by atoms with Gasteiger partial charge in [0.25, 0.3) is 0 Å². The summed E-state index contributed by atoms with van der Waals surface area (Å²) in [5.41, 5.74) is 0.628. The van der Waals surface area contributed by atoms with Crippen LogP contribution in [0.25, 0.3) is 0 Å². The van der Waals surface area contributed by atoms with Crippen LogP contribution >= 0.6 is 0 Å². The van der Waals surface area contributed by atoms with E-state index in [0.29, 0.717) is 24.5 Å². The molecule has 0 amide bonds. The van der Waals surface area contributed by atoms with E-state index >= 15 is 0 Å². The summed E-state index contributed by atoms with van der Waals surface area (Å²) < 4.78 is 1.61. The predicted octanol–water partition coefficient (Wildman–Crippen LogP) is 1.79. The first-order valence-corrected chi connectivity index (χ1v) is 8.48. The molecule has 25 heavy (non-hydrogen) atoms. The van der Waals surface area contributed by atoms with Gasteiger partial charge in [0.1, 0.15) is 5.69 Å². The number of likely N-dealkylation sites (N-methyl/N-ethyl adjacent to an activating group) is 1. The maximum absolute atomic E-state index is 11.5. The molecule has 1 unspecified atom stereocenters. The monoisotopic (exact) mass is 345 g/mol. The average molecular weight is 345 g/mol. The van der Waals surface area contributed by atoms with Crippen molar-refractivity contribution in [3.63, 3.8) is 0 Å². The molecule has 9 heteroatoms. The quantitative estimate of drug-likeness (QED) is 0.582. The van der Waals surface area contributed by atoms with Crippen LogP contribution in [0.15, 0.2) is 18.3 Å². The van der Waals surface area contributed by atoms with Gasteiger partial charge in [0.15, 0.2) is 5.82 Å². The van der Waals surface area contributed by atoms with E-state index in [1.54, 1.807) is 17.9 Å². The lowest BCUT2D eigenvalue weighted by Gasteiger charge is -2.29. The van der Waals surface area contributed by atoms with Crippen LogP contribution in [0.3, 0.4) is 0 Å². The maximum atomic E-state index is 11.5. The molecule has 3 rings (SSSR count). The van der Waals surface area contributed by atoms with Crippen molar-refractivity contribution in [3.05, 3.63) is 34.1 Å². The third-order valence-electron chi connectivity index (χ3n) is 4.66. The van der Waals surface area contributed by atoms with Gasteiger partial charge in [-0.05, 0) is 31.4 Å². The maximum Gasteiger partial charge on any atom is 0.334 e. The van der Waals surface area contributed by atoms with Gasteiger partial charge in [-0.25, -0.2) is 4.68 Å². The number of hydrogen-bond acceptors (Lipinski definition) is 7. The minimum atomic E-state index is -0.327. The summed E-state index contributed by atoms with van der Waals surface area (Å²) in [6.45, 7) is 3.47. The zero-order valence-corrected chi connectivity index (χ0v) is 14.8. The topological polar surface area (TPSA) is 93.2 Å². The first-order valence-electron chi connectivity index (χ1n) is 8.48. The van der Waals surface area contributed by atoms with E-state index in [4.69, 9.17) is 0 Å². The van der Waals surface area contributed by atoms with Gasteiger partial charge in [-0.1, -0.05) is 6.92 Å². The highest BCUT2D eigenvalue weighted by Crippen LogP contribution is 2.32. The van der Waals surface area contributed by atoms with E-state index in [9.17, 15) is 10.1 Å². The first-order chi connectivity index (χ1) is 12.0. The van der Waals surface area contributed by atoms with Crippen molar-refractivity contribution in [2.75, 3.05) is 29.9 Å². The van der Waals surface area contributed by atoms with Gasteiger partial charge in [-0.3, -0.25) is 10.1 Å². The fourth-order valence-electron chi connectivity index (χ4n) is 3.59. The molecule has 1 saturated heterocycles. The molecule has 0 saturated carbocycles. The fourth-order valence-corrected chi connectivity index (χ4v) is 3.59. The van der Waals surface area contributed by atoms with E-state index in [2.05, 4.69) is 20.2 Å². The van der Waals surface area contributed by atoms with Gasteiger partial charge in [0, 0.05) is 39.4 Å². The molecule has 0 bridgehead atoms. The second-order valence-electron chi connectivity index (χ2n) is 6.31. The summed E-state index contributed by atoms with van der Waals surface area (Å²) in [6, 6.07) is 4.06. The Kier molecular flexibility index (Phi) is 4.82. The Morgan fingerprint density at radius 3 is 2.92 bits per heavy atom. The molecule has 2 aromatic rings. The standard InChI is InChI=1S/C16H23N7O2/c1-4-13-15(23(24)25)16(21(3)19-13)20(2)11-12-7-6-10-22(12)14-8-5-9-17-18-14/h5,8-9,12H,4,6-7,10-11H2,1-3H3. The van der Waals surface area contributed by atoms with Crippen molar-refractivity contribution < 1.29 is 4.92 Å². The molecule has 1 fully saturated rings. The van der Waals surface area contributed by atoms with Crippen LogP contribution in [0, 0.1) is 10.1 Å². The third kappa shape index (κ3) is 3.26. The summed E-state index contributed by atoms with van der Waals surface area (Å²) in [5.74, 6) is 1.40. The highest BCUT2D eigenvalue weighted by atomic mass is 16.6. The zero-order valence-electron chi connectivity index (χ0n) is 14.8. The molecule has 9 nitrogen and oxygen atoms in total. The Morgan fingerprint density at radius 1 is 1.48 bits per heavy atom.